The minimum atomic E-state index is -0.873. The second-order valence-corrected chi connectivity index (χ2v) is 6.00. The number of alkyl carbamates (subject to hydrolysis) is 1. The summed E-state index contributed by atoms with van der Waals surface area (Å²) < 4.78 is 20.5. The highest BCUT2D eigenvalue weighted by Crippen LogP contribution is 2.11. The molecule has 1 aromatic rings. The number of furan rings is 1. The van der Waals surface area contributed by atoms with E-state index < -0.39 is 23.7 Å². The van der Waals surface area contributed by atoms with Gasteiger partial charge in [-0.05, 0) is 32.9 Å². The molecule has 0 fully saturated rings. The van der Waals surface area contributed by atoms with E-state index in [1.165, 1.54) is 12.1 Å². The van der Waals surface area contributed by atoms with E-state index in [0.717, 1.165) is 0 Å². The summed E-state index contributed by atoms with van der Waals surface area (Å²) in [6, 6.07) is 4.05. The third kappa shape index (κ3) is 8.04. The summed E-state index contributed by atoms with van der Waals surface area (Å²) in [6.07, 6.45) is 0.748. The fourth-order valence-electron chi connectivity index (χ4n) is 1.61. The first-order valence-electron chi connectivity index (χ1n) is 7.58. The highest BCUT2D eigenvalue weighted by molar-refractivity contribution is 5.86. The van der Waals surface area contributed by atoms with Gasteiger partial charge in [0.25, 0.3) is 0 Å². The second-order valence-electron chi connectivity index (χ2n) is 6.00. The lowest BCUT2D eigenvalue weighted by Crippen LogP contribution is -2.40. The van der Waals surface area contributed by atoms with Crippen LogP contribution < -0.4 is 5.32 Å². The molecule has 1 amide bonds. The van der Waals surface area contributed by atoms with Gasteiger partial charge in [-0.2, -0.15) is 5.26 Å². The topological polar surface area (TPSA) is 111 Å². The molecule has 0 radical (unpaired) electrons. The molecule has 0 spiro atoms. The number of hydrogen-bond donors (Lipinski definition) is 1. The van der Waals surface area contributed by atoms with Crippen LogP contribution in [0.4, 0.5) is 4.79 Å². The number of esters is 1. The number of rotatable bonds is 8. The molecule has 1 atom stereocenters. The van der Waals surface area contributed by atoms with Crippen LogP contribution in [-0.2, 0) is 20.8 Å². The Balaban J connectivity index is 2.41. The summed E-state index contributed by atoms with van der Waals surface area (Å²) >= 11 is 0. The van der Waals surface area contributed by atoms with Crippen LogP contribution in [0.15, 0.2) is 29.2 Å². The Morgan fingerprint density at radius 1 is 1.44 bits per heavy atom. The fourth-order valence-corrected chi connectivity index (χ4v) is 1.61. The minimum absolute atomic E-state index is 0.0307. The Morgan fingerprint density at radius 2 is 2.16 bits per heavy atom. The quantitative estimate of drug-likeness (QED) is 0.566. The van der Waals surface area contributed by atoms with Crippen molar-refractivity contribution in [3.05, 3.63) is 36.3 Å². The van der Waals surface area contributed by atoms with Crippen molar-refractivity contribution in [2.75, 3.05) is 13.2 Å². The molecule has 0 saturated carbocycles. The van der Waals surface area contributed by atoms with E-state index in [2.05, 4.69) is 11.9 Å². The third-order valence-corrected chi connectivity index (χ3v) is 2.57. The number of ether oxygens (including phenoxy) is 3. The van der Waals surface area contributed by atoms with E-state index in [0.29, 0.717) is 5.76 Å². The molecule has 1 heterocycles. The van der Waals surface area contributed by atoms with Gasteiger partial charge in [-0.1, -0.05) is 12.7 Å². The summed E-state index contributed by atoms with van der Waals surface area (Å²) in [5.41, 5.74) is -0.657. The van der Waals surface area contributed by atoms with Gasteiger partial charge in [0.1, 0.15) is 30.6 Å². The predicted octanol–water partition coefficient (Wildman–Crippen LogP) is 2.56. The lowest BCUT2D eigenvalue weighted by molar-refractivity contribution is 0.0437. The fraction of sp³-hybridized carbons (Fsp3) is 0.471. The van der Waals surface area contributed by atoms with Gasteiger partial charge in [-0.25, -0.2) is 9.59 Å². The van der Waals surface area contributed by atoms with Crippen LogP contribution >= 0.6 is 0 Å². The van der Waals surface area contributed by atoms with Crippen molar-refractivity contribution in [2.24, 2.45) is 0 Å². The van der Waals surface area contributed by atoms with E-state index in [1.807, 2.05) is 6.07 Å². The molecule has 25 heavy (non-hydrogen) atoms. The van der Waals surface area contributed by atoms with Gasteiger partial charge in [-0.15, -0.1) is 0 Å². The monoisotopic (exact) mass is 350 g/mol. The number of nitrogens with zero attached hydrogens (tertiary/aromatic N) is 1. The first-order chi connectivity index (χ1) is 11.7. The van der Waals surface area contributed by atoms with Gasteiger partial charge in [0.05, 0.1) is 12.7 Å². The van der Waals surface area contributed by atoms with Crippen molar-refractivity contribution in [3.8, 4) is 6.07 Å². The van der Waals surface area contributed by atoms with Gasteiger partial charge in [-0.3, -0.25) is 0 Å². The molecule has 1 rings (SSSR count). The van der Waals surface area contributed by atoms with Gasteiger partial charge < -0.3 is 23.9 Å². The molecular weight excluding hydrogens is 328 g/mol. The molecular formula is C17H22N2O6. The highest BCUT2D eigenvalue weighted by atomic mass is 16.6. The smallest absolute Gasteiger partial charge is 0.408 e. The van der Waals surface area contributed by atoms with Gasteiger partial charge in [0, 0.05) is 0 Å². The molecule has 0 bridgehead atoms. The van der Waals surface area contributed by atoms with Crippen molar-refractivity contribution in [2.45, 2.75) is 39.0 Å². The zero-order chi connectivity index (χ0) is 18.9. The molecule has 1 N–H and O–H groups in total. The van der Waals surface area contributed by atoms with Crippen LogP contribution in [0.5, 0.6) is 0 Å². The Kier molecular flexibility index (Phi) is 7.69. The Bertz CT molecular complexity index is 638. The molecule has 8 nitrogen and oxygen atoms in total. The van der Waals surface area contributed by atoms with Crippen molar-refractivity contribution < 1.29 is 28.2 Å². The van der Waals surface area contributed by atoms with Crippen molar-refractivity contribution >= 4 is 12.1 Å². The third-order valence-electron chi connectivity index (χ3n) is 2.57. The zero-order valence-electron chi connectivity index (χ0n) is 14.5. The molecule has 0 aliphatic rings. The molecule has 136 valence electrons. The van der Waals surface area contributed by atoms with E-state index in [9.17, 15) is 9.59 Å². The Hall–Kier alpha value is -2.79. The van der Waals surface area contributed by atoms with Crippen molar-refractivity contribution in [1.82, 2.24) is 5.32 Å². The second kappa shape index (κ2) is 9.49. The average Bonchev–Trinajstić information content (AvgIpc) is 2.98. The van der Waals surface area contributed by atoms with E-state index in [1.54, 1.807) is 26.8 Å². The summed E-state index contributed by atoms with van der Waals surface area (Å²) in [5.74, 6) is -0.170. The molecule has 0 aromatic carbocycles. The molecule has 1 aromatic heterocycles. The predicted molar refractivity (Wildman–Crippen MR) is 87.6 cm³/mol. The van der Waals surface area contributed by atoms with E-state index in [-0.39, 0.29) is 25.6 Å². The van der Waals surface area contributed by atoms with Crippen molar-refractivity contribution in [3.63, 3.8) is 0 Å². The number of nitrogens with one attached hydrogen (secondary N) is 1. The Labute approximate surface area is 146 Å². The zero-order valence-corrected chi connectivity index (χ0v) is 14.5. The SMILES string of the molecule is C=CCOC(=O)c1ccc(COC[C@@H](C#N)NC(=O)OC(C)(C)C)o1. The van der Waals surface area contributed by atoms with Crippen LogP contribution in [0.1, 0.15) is 37.1 Å². The first-order valence-corrected chi connectivity index (χ1v) is 7.58. The van der Waals surface area contributed by atoms with Gasteiger partial charge in [0.15, 0.2) is 0 Å². The number of hydrogen-bond acceptors (Lipinski definition) is 7. The largest absolute Gasteiger partial charge is 0.456 e. The van der Waals surface area contributed by atoms with Crippen LogP contribution in [0.25, 0.3) is 0 Å². The van der Waals surface area contributed by atoms with Gasteiger partial charge in [0.2, 0.25) is 5.76 Å². The average molecular weight is 350 g/mol. The van der Waals surface area contributed by atoms with Crippen LogP contribution in [0.2, 0.25) is 0 Å². The molecule has 0 unspecified atom stereocenters. The molecule has 0 aliphatic heterocycles. The van der Waals surface area contributed by atoms with Crippen LogP contribution in [0, 0.1) is 11.3 Å². The summed E-state index contributed by atoms with van der Waals surface area (Å²) in [6.45, 7) is 8.66. The van der Waals surface area contributed by atoms with E-state index in [4.69, 9.17) is 23.9 Å². The summed E-state index contributed by atoms with van der Waals surface area (Å²) in [5, 5.41) is 11.4. The van der Waals surface area contributed by atoms with Crippen LogP contribution in [-0.4, -0.2) is 36.9 Å². The minimum Gasteiger partial charge on any atom is -0.456 e. The lowest BCUT2D eigenvalue weighted by Gasteiger charge is -2.21. The molecule has 0 saturated heterocycles. The van der Waals surface area contributed by atoms with Crippen LogP contribution in [0.3, 0.4) is 0 Å². The maximum absolute atomic E-state index is 11.6. The molecule has 0 aliphatic carbocycles. The van der Waals surface area contributed by atoms with Crippen molar-refractivity contribution in [1.29, 1.82) is 5.26 Å². The lowest BCUT2D eigenvalue weighted by atomic mass is 10.2. The standard InChI is InChI=1S/C17H22N2O6/c1-5-8-23-15(20)14-7-6-13(24-14)11-22-10-12(9-18)19-16(21)25-17(2,3)4/h5-7,12H,1,8,10-11H2,2-4H3,(H,19,21)/t12-/m1/s1. The number of amides is 1. The maximum atomic E-state index is 11.6. The Morgan fingerprint density at radius 3 is 2.76 bits per heavy atom. The normalized spacial score (nSPS) is 11.9. The van der Waals surface area contributed by atoms with Gasteiger partial charge >= 0.3 is 12.1 Å². The summed E-state index contributed by atoms with van der Waals surface area (Å²) in [4.78, 5) is 23.2. The molecule has 8 heteroatoms. The number of carbonyl (C=O) groups is 2. The summed E-state index contributed by atoms with van der Waals surface area (Å²) in [7, 11) is 0. The maximum Gasteiger partial charge on any atom is 0.408 e. The highest BCUT2D eigenvalue weighted by Gasteiger charge is 2.19. The number of carbonyl (C=O) groups excluding carboxylic acids is 2. The number of nitriles is 1. The first kappa shape index (κ1) is 20.3. The van der Waals surface area contributed by atoms with E-state index >= 15 is 0 Å².